The van der Waals surface area contributed by atoms with Crippen LogP contribution in [0.15, 0.2) is 15.9 Å². The van der Waals surface area contributed by atoms with Crippen LogP contribution in [0.2, 0.25) is 0 Å². The summed E-state index contributed by atoms with van der Waals surface area (Å²) in [6, 6.07) is 4.04. The van der Waals surface area contributed by atoms with E-state index in [-0.39, 0.29) is 11.7 Å². The quantitative estimate of drug-likeness (QED) is 0.765. The summed E-state index contributed by atoms with van der Waals surface area (Å²) in [6.45, 7) is 0.581. The van der Waals surface area contributed by atoms with Gasteiger partial charge in [-0.05, 0) is 34.5 Å². The van der Waals surface area contributed by atoms with Gasteiger partial charge in [-0.1, -0.05) is 11.3 Å². The van der Waals surface area contributed by atoms with Gasteiger partial charge in [0.1, 0.15) is 10.7 Å². The Bertz CT molecular complexity index is 581. The molecule has 102 valence electrons. The minimum absolute atomic E-state index is 0.174. The van der Waals surface area contributed by atoms with Crippen molar-refractivity contribution in [3.8, 4) is 0 Å². The molecule has 1 amide bonds. The number of aromatic nitrogens is 1. The van der Waals surface area contributed by atoms with Crippen LogP contribution < -0.4 is 16.4 Å². The molecule has 0 aliphatic heterocycles. The highest BCUT2D eigenvalue weighted by Crippen LogP contribution is 2.24. The SMILES string of the molecule is CNc1nc(N)c(C(=O)NCCc2ccc(Br)s2)s1. The van der Waals surface area contributed by atoms with E-state index in [9.17, 15) is 4.79 Å². The van der Waals surface area contributed by atoms with Gasteiger partial charge >= 0.3 is 0 Å². The van der Waals surface area contributed by atoms with Gasteiger partial charge in [0.2, 0.25) is 0 Å². The standard InChI is InChI=1S/C11H13BrN4OS2/c1-14-11-16-9(13)8(19-11)10(17)15-5-4-6-2-3-7(12)18-6/h2-3H,4-5,13H2,1H3,(H,14,16)(H,15,17). The summed E-state index contributed by atoms with van der Waals surface area (Å²) in [4.78, 5) is 17.7. The zero-order chi connectivity index (χ0) is 13.8. The van der Waals surface area contributed by atoms with Crippen molar-refractivity contribution in [2.45, 2.75) is 6.42 Å². The van der Waals surface area contributed by atoms with Crippen molar-refractivity contribution in [2.75, 3.05) is 24.6 Å². The summed E-state index contributed by atoms with van der Waals surface area (Å²) in [5, 5.41) is 6.37. The van der Waals surface area contributed by atoms with Crippen molar-refractivity contribution in [3.63, 3.8) is 0 Å². The number of carbonyl (C=O) groups is 1. The third-order valence-electron chi connectivity index (χ3n) is 2.36. The van der Waals surface area contributed by atoms with Crippen molar-refractivity contribution in [1.29, 1.82) is 0 Å². The van der Waals surface area contributed by atoms with Crippen LogP contribution in [0.3, 0.4) is 0 Å². The van der Waals surface area contributed by atoms with E-state index >= 15 is 0 Å². The molecular weight excluding hydrogens is 348 g/mol. The first-order valence-electron chi connectivity index (χ1n) is 5.56. The highest BCUT2D eigenvalue weighted by atomic mass is 79.9. The van der Waals surface area contributed by atoms with Crippen LogP contribution in [0.5, 0.6) is 0 Å². The summed E-state index contributed by atoms with van der Waals surface area (Å²) in [5.41, 5.74) is 5.70. The van der Waals surface area contributed by atoms with Gasteiger partial charge in [-0.3, -0.25) is 4.79 Å². The van der Waals surface area contributed by atoms with E-state index in [1.54, 1.807) is 18.4 Å². The van der Waals surface area contributed by atoms with Crippen LogP contribution in [0.1, 0.15) is 14.5 Å². The highest BCUT2D eigenvalue weighted by molar-refractivity contribution is 9.11. The minimum Gasteiger partial charge on any atom is -0.382 e. The Morgan fingerprint density at radius 3 is 2.84 bits per heavy atom. The van der Waals surface area contributed by atoms with Crippen LogP contribution in [0, 0.1) is 0 Å². The molecule has 0 saturated heterocycles. The number of thiazole rings is 1. The maximum Gasteiger partial charge on any atom is 0.265 e. The van der Waals surface area contributed by atoms with E-state index in [1.807, 2.05) is 12.1 Å². The van der Waals surface area contributed by atoms with E-state index in [0.717, 1.165) is 10.2 Å². The van der Waals surface area contributed by atoms with Gasteiger partial charge < -0.3 is 16.4 Å². The Morgan fingerprint density at radius 2 is 2.26 bits per heavy atom. The van der Waals surface area contributed by atoms with Crippen LogP contribution >= 0.6 is 38.6 Å². The van der Waals surface area contributed by atoms with Gasteiger partial charge in [-0.2, -0.15) is 0 Å². The molecule has 5 nitrogen and oxygen atoms in total. The molecule has 0 atom stereocenters. The average molecular weight is 361 g/mol. The fourth-order valence-electron chi connectivity index (χ4n) is 1.47. The summed E-state index contributed by atoms with van der Waals surface area (Å²) in [6.07, 6.45) is 0.805. The molecule has 0 bridgehead atoms. The molecule has 0 aromatic carbocycles. The molecule has 4 N–H and O–H groups in total. The van der Waals surface area contributed by atoms with Gasteiger partial charge in [-0.15, -0.1) is 11.3 Å². The lowest BCUT2D eigenvalue weighted by molar-refractivity contribution is 0.0959. The number of hydrogen-bond donors (Lipinski definition) is 3. The predicted molar refractivity (Wildman–Crippen MR) is 84.1 cm³/mol. The third kappa shape index (κ3) is 3.68. The Morgan fingerprint density at radius 1 is 1.47 bits per heavy atom. The maximum absolute atomic E-state index is 11.9. The second-order valence-corrected chi connectivity index (χ2v) is 7.24. The lowest BCUT2D eigenvalue weighted by Gasteiger charge is -2.02. The average Bonchev–Trinajstić information content (AvgIpc) is 2.95. The molecule has 2 aromatic rings. The fraction of sp³-hybridized carbons (Fsp3) is 0.273. The number of rotatable bonds is 5. The molecule has 2 heterocycles. The lowest BCUT2D eigenvalue weighted by atomic mass is 10.3. The van der Waals surface area contributed by atoms with Crippen molar-refractivity contribution < 1.29 is 4.79 Å². The van der Waals surface area contributed by atoms with Crippen molar-refractivity contribution >= 4 is 55.5 Å². The number of nitrogens with zero attached hydrogens (tertiary/aromatic N) is 1. The zero-order valence-corrected chi connectivity index (χ0v) is 13.4. The van der Waals surface area contributed by atoms with E-state index in [2.05, 4.69) is 31.5 Å². The molecule has 0 saturated carbocycles. The van der Waals surface area contributed by atoms with E-state index < -0.39 is 0 Å². The first-order chi connectivity index (χ1) is 9.10. The summed E-state index contributed by atoms with van der Waals surface area (Å²) in [5.74, 6) is 0.0952. The zero-order valence-electron chi connectivity index (χ0n) is 10.2. The molecular formula is C11H13BrN4OS2. The van der Waals surface area contributed by atoms with Crippen molar-refractivity contribution in [2.24, 2.45) is 0 Å². The number of anilines is 2. The van der Waals surface area contributed by atoms with Crippen LogP contribution in [0.4, 0.5) is 10.9 Å². The van der Waals surface area contributed by atoms with Crippen LogP contribution in [-0.4, -0.2) is 24.5 Å². The van der Waals surface area contributed by atoms with E-state index in [0.29, 0.717) is 16.6 Å². The van der Waals surface area contributed by atoms with Crippen molar-refractivity contribution in [3.05, 3.63) is 25.7 Å². The number of nitrogen functional groups attached to an aromatic ring is 1. The molecule has 0 fully saturated rings. The number of nitrogens with one attached hydrogen (secondary N) is 2. The number of nitrogens with two attached hydrogens (primary N) is 1. The Balaban J connectivity index is 1.88. The molecule has 0 aliphatic rings. The maximum atomic E-state index is 11.9. The van der Waals surface area contributed by atoms with Gasteiger partial charge in [0, 0.05) is 18.5 Å². The molecule has 0 unspecified atom stereocenters. The third-order valence-corrected chi connectivity index (χ3v) is 5.13. The summed E-state index contributed by atoms with van der Waals surface area (Å²) >= 11 is 6.33. The molecule has 0 spiro atoms. The number of carbonyl (C=O) groups excluding carboxylic acids is 1. The number of amides is 1. The predicted octanol–water partition coefficient (Wildman–Crippen LogP) is 2.56. The van der Waals surface area contributed by atoms with Gasteiger partial charge in [0.25, 0.3) is 5.91 Å². The normalized spacial score (nSPS) is 10.4. The second kappa shape index (κ2) is 6.36. The monoisotopic (exact) mass is 360 g/mol. The Kier molecular flexibility index (Phi) is 4.78. The Labute approximate surface area is 127 Å². The molecule has 19 heavy (non-hydrogen) atoms. The van der Waals surface area contributed by atoms with Crippen molar-refractivity contribution in [1.82, 2.24) is 10.3 Å². The summed E-state index contributed by atoms with van der Waals surface area (Å²) in [7, 11) is 1.74. The first kappa shape index (κ1) is 14.3. The lowest BCUT2D eigenvalue weighted by Crippen LogP contribution is -2.25. The van der Waals surface area contributed by atoms with Crippen LogP contribution in [-0.2, 0) is 6.42 Å². The largest absolute Gasteiger partial charge is 0.382 e. The number of thiophene rings is 1. The minimum atomic E-state index is -0.174. The Hall–Kier alpha value is -1.12. The fourth-order valence-corrected chi connectivity index (χ4v) is 3.70. The second-order valence-electron chi connectivity index (χ2n) is 3.70. The van der Waals surface area contributed by atoms with E-state index in [1.165, 1.54) is 16.2 Å². The topological polar surface area (TPSA) is 80.0 Å². The molecule has 8 heteroatoms. The number of halogens is 1. The number of hydrogen-bond acceptors (Lipinski definition) is 6. The van der Waals surface area contributed by atoms with E-state index in [4.69, 9.17) is 5.73 Å². The van der Waals surface area contributed by atoms with Gasteiger partial charge in [-0.25, -0.2) is 4.98 Å². The molecule has 2 rings (SSSR count). The van der Waals surface area contributed by atoms with Gasteiger partial charge in [0.05, 0.1) is 3.79 Å². The molecule has 0 radical (unpaired) electrons. The highest BCUT2D eigenvalue weighted by Gasteiger charge is 2.15. The molecule has 2 aromatic heterocycles. The summed E-state index contributed by atoms with van der Waals surface area (Å²) < 4.78 is 1.10. The first-order valence-corrected chi connectivity index (χ1v) is 7.99. The molecule has 0 aliphatic carbocycles. The van der Waals surface area contributed by atoms with Crippen LogP contribution in [0.25, 0.3) is 0 Å². The smallest absolute Gasteiger partial charge is 0.265 e. The van der Waals surface area contributed by atoms with Gasteiger partial charge in [0.15, 0.2) is 5.13 Å².